The molecule has 7 nitrogen and oxygen atoms in total. The molecule has 0 aliphatic heterocycles. The van der Waals surface area contributed by atoms with E-state index < -0.39 is 27.9 Å². The van der Waals surface area contributed by atoms with Crippen molar-refractivity contribution in [3.05, 3.63) is 73.7 Å². The molecule has 3 aromatic rings. The van der Waals surface area contributed by atoms with Crippen LogP contribution in [-0.4, -0.2) is 19.1 Å². The van der Waals surface area contributed by atoms with Gasteiger partial charge in [-0.15, -0.1) is 0 Å². The van der Waals surface area contributed by atoms with E-state index in [0.29, 0.717) is 12.8 Å². The Morgan fingerprint density at radius 2 is 2.03 bits per heavy atom. The predicted octanol–water partition coefficient (Wildman–Crippen LogP) is 3.04. The minimum absolute atomic E-state index is 0.0291. The molecule has 0 bridgehead atoms. The molecule has 1 fully saturated rings. The van der Waals surface area contributed by atoms with Crippen molar-refractivity contribution in [1.29, 1.82) is 5.26 Å². The van der Waals surface area contributed by atoms with Crippen molar-refractivity contribution in [2.24, 2.45) is 0 Å². The van der Waals surface area contributed by atoms with Crippen LogP contribution in [0.5, 0.6) is 0 Å². The van der Waals surface area contributed by atoms with Gasteiger partial charge in [0.25, 0.3) is 5.56 Å². The Labute approximate surface area is 173 Å². The average molecular weight is 430 g/mol. The van der Waals surface area contributed by atoms with Gasteiger partial charge in [0.2, 0.25) is 0 Å². The number of alkyl halides is 1. The zero-order valence-corrected chi connectivity index (χ0v) is 16.5. The fraction of sp³-hybridized carbons (Fsp3) is 0.250. The SMILES string of the molecule is Cc1c(-c2ccc(F)c(Cl)n2)c(=O)n(-c2cncc(C3(F)CC3)c2)c(=O)n1CC#N. The maximum absolute atomic E-state index is 14.5. The highest BCUT2D eigenvalue weighted by molar-refractivity contribution is 6.29. The Morgan fingerprint density at radius 1 is 1.30 bits per heavy atom. The van der Waals surface area contributed by atoms with E-state index >= 15 is 0 Å². The second-order valence-corrected chi connectivity index (χ2v) is 7.35. The highest BCUT2D eigenvalue weighted by atomic mass is 35.5. The van der Waals surface area contributed by atoms with E-state index in [1.807, 2.05) is 6.07 Å². The summed E-state index contributed by atoms with van der Waals surface area (Å²) in [5.74, 6) is -0.765. The molecule has 0 saturated heterocycles. The third-order valence-corrected chi connectivity index (χ3v) is 5.35. The van der Waals surface area contributed by atoms with E-state index in [-0.39, 0.29) is 34.7 Å². The zero-order valence-electron chi connectivity index (χ0n) is 15.7. The summed E-state index contributed by atoms with van der Waals surface area (Å²) >= 11 is 5.77. The predicted molar refractivity (Wildman–Crippen MR) is 105 cm³/mol. The Balaban J connectivity index is 2.03. The molecule has 152 valence electrons. The van der Waals surface area contributed by atoms with Crippen LogP contribution >= 0.6 is 11.6 Å². The summed E-state index contributed by atoms with van der Waals surface area (Å²) in [5, 5.41) is 8.72. The molecule has 0 aromatic carbocycles. The lowest BCUT2D eigenvalue weighted by Crippen LogP contribution is -2.41. The molecule has 4 rings (SSSR count). The molecule has 1 saturated carbocycles. The lowest BCUT2D eigenvalue weighted by Gasteiger charge is -2.16. The first-order valence-corrected chi connectivity index (χ1v) is 9.35. The molecular weight excluding hydrogens is 416 g/mol. The number of rotatable bonds is 4. The quantitative estimate of drug-likeness (QED) is 0.594. The van der Waals surface area contributed by atoms with Gasteiger partial charge in [0.1, 0.15) is 12.2 Å². The van der Waals surface area contributed by atoms with E-state index in [9.17, 15) is 18.4 Å². The molecule has 0 spiro atoms. The number of hydrogen-bond acceptors (Lipinski definition) is 5. The maximum Gasteiger partial charge on any atom is 0.336 e. The highest BCUT2D eigenvalue weighted by Crippen LogP contribution is 2.49. The fourth-order valence-corrected chi connectivity index (χ4v) is 3.44. The summed E-state index contributed by atoms with van der Waals surface area (Å²) in [6.07, 6.45) is 3.29. The van der Waals surface area contributed by atoms with Gasteiger partial charge in [0, 0.05) is 17.5 Å². The largest absolute Gasteiger partial charge is 0.336 e. The Morgan fingerprint density at radius 3 is 2.67 bits per heavy atom. The summed E-state index contributed by atoms with van der Waals surface area (Å²) in [6.45, 7) is 1.14. The van der Waals surface area contributed by atoms with Crippen LogP contribution in [0.4, 0.5) is 8.78 Å². The summed E-state index contributed by atoms with van der Waals surface area (Å²) in [5.41, 5.74) is -2.54. The van der Waals surface area contributed by atoms with Gasteiger partial charge in [-0.3, -0.25) is 14.3 Å². The van der Waals surface area contributed by atoms with Crippen molar-refractivity contribution >= 4 is 11.6 Å². The van der Waals surface area contributed by atoms with Gasteiger partial charge in [-0.1, -0.05) is 11.6 Å². The summed E-state index contributed by atoms with van der Waals surface area (Å²) in [4.78, 5) is 34.2. The average Bonchev–Trinajstić information content (AvgIpc) is 3.47. The first kappa shape index (κ1) is 19.9. The van der Waals surface area contributed by atoms with Gasteiger partial charge in [-0.05, 0) is 38.0 Å². The van der Waals surface area contributed by atoms with Gasteiger partial charge in [-0.25, -0.2) is 23.1 Å². The van der Waals surface area contributed by atoms with Crippen molar-refractivity contribution in [3.8, 4) is 23.0 Å². The first-order valence-electron chi connectivity index (χ1n) is 8.97. The van der Waals surface area contributed by atoms with Crippen molar-refractivity contribution < 1.29 is 8.78 Å². The number of hydrogen-bond donors (Lipinski definition) is 0. The van der Waals surface area contributed by atoms with Crippen molar-refractivity contribution in [1.82, 2.24) is 19.1 Å². The van der Waals surface area contributed by atoms with Crippen molar-refractivity contribution in [3.63, 3.8) is 0 Å². The lowest BCUT2D eigenvalue weighted by molar-refractivity contribution is 0.316. The molecular formula is C20H14ClF2N5O2. The fourth-order valence-electron chi connectivity index (χ4n) is 3.28. The van der Waals surface area contributed by atoms with Gasteiger partial charge >= 0.3 is 5.69 Å². The van der Waals surface area contributed by atoms with Crippen LogP contribution in [0.15, 0.2) is 40.2 Å². The van der Waals surface area contributed by atoms with E-state index in [2.05, 4.69) is 9.97 Å². The van der Waals surface area contributed by atoms with Crippen LogP contribution in [0.1, 0.15) is 24.1 Å². The Kier molecular flexibility index (Phi) is 4.74. The van der Waals surface area contributed by atoms with E-state index in [0.717, 1.165) is 15.2 Å². The van der Waals surface area contributed by atoms with Gasteiger partial charge in [0.05, 0.1) is 29.2 Å². The number of halogens is 3. The molecule has 1 aliphatic carbocycles. The van der Waals surface area contributed by atoms with E-state index in [1.165, 1.54) is 31.5 Å². The monoisotopic (exact) mass is 429 g/mol. The molecule has 3 heterocycles. The second kappa shape index (κ2) is 7.15. The van der Waals surface area contributed by atoms with Gasteiger partial charge in [0.15, 0.2) is 11.0 Å². The smallest absolute Gasteiger partial charge is 0.283 e. The van der Waals surface area contributed by atoms with Crippen LogP contribution in [0, 0.1) is 24.1 Å². The van der Waals surface area contributed by atoms with Crippen LogP contribution in [0.25, 0.3) is 16.9 Å². The minimum atomic E-state index is -1.52. The number of pyridine rings is 2. The molecule has 0 radical (unpaired) electrons. The van der Waals surface area contributed by atoms with Crippen LogP contribution in [-0.2, 0) is 12.2 Å². The van der Waals surface area contributed by atoms with E-state index in [4.69, 9.17) is 16.9 Å². The third kappa shape index (κ3) is 3.19. The van der Waals surface area contributed by atoms with Crippen molar-refractivity contribution in [2.45, 2.75) is 32.0 Å². The maximum atomic E-state index is 14.5. The zero-order chi connectivity index (χ0) is 21.6. The van der Waals surface area contributed by atoms with Crippen LogP contribution in [0.3, 0.4) is 0 Å². The molecule has 0 N–H and O–H groups in total. The molecule has 0 unspecified atom stereocenters. The van der Waals surface area contributed by atoms with Gasteiger partial charge in [-0.2, -0.15) is 5.26 Å². The molecule has 1 aliphatic rings. The molecule has 0 atom stereocenters. The van der Waals surface area contributed by atoms with E-state index in [1.54, 1.807) is 0 Å². The summed E-state index contributed by atoms with van der Waals surface area (Å²) in [7, 11) is 0. The molecule has 10 heteroatoms. The lowest BCUT2D eigenvalue weighted by atomic mass is 10.1. The second-order valence-electron chi connectivity index (χ2n) is 6.99. The molecule has 30 heavy (non-hydrogen) atoms. The Bertz CT molecular complexity index is 1340. The minimum Gasteiger partial charge on any atom is -0.283 e. The number of nitrogens with zero attached hydrogens (tertiary/aromatic N) is 5. The summed E-state index contributed by atoms with van der Waals surface area (Å²) < 4.78 is 30.0. The Hall–Kier alpha value is -3.38. The van der Waals surface area contributed by atoms with Crippen molar-refractivity contribution in [2.75, 3.05) is 0 Å². The summed E-state index contributed by atoms with van der Waals surface area (Å²) in [6, 6.07) is 5.57. The number of nitriles is 1. The molecule has 0 amide bonds. The molecule has 3 aromatic heterocycles. The first-order chi connectivity index (χ1) is 14.3. The topological polar surface area (TPSA) is 93.6 Å². The standard InChI is InChI=1S/C20H14ClF2N5O2/c1-11-16(15-3-2-14(22)17(21)26-15)18(29)28(19(30)27(11)7-6-24)13-8-12(9-25-10-13)20(23)4-5-20/h2-3,8-10H,4-5,7H2,1H3. The van der Waals surface area contributed by atoms with Crippen LogP contribution < -0.4 is 11.2 Å². The highest BCUT2D eigenvalue weighted by Gasteiger charge is 2.45. The third-order valence-electron chi connectivity index (χ3n) is 5.08. The van der Waals surface area contributed by atoms with Crippen LogP contribution in [0.2, 0.25) is 5.15 Å². The normalized spacial score (nSPS) is 14.4. The van der Waals surface area contributed by atoms with Gasteiger partial charge < -0.3 is 0 Å². The number of aromatic nitrogens is 4.